The Morgan fingerprint density at radius 2 is 2.14 bits per heavy atom. The Labute approximate surface area is 125 Å². The number of hydrogen-bond acceptors (Lipinski definition) is 5. The lowest BCUT2D eigenvalue weighted by atomic mass is 10.2. The zero-order chi connectivity index (χ0) is 15.1. The maximum Gasteiger partial charge on any atom is 0.311 e. The number of rotatable bonds is 8. The number of benzene rings is 1. The van der Waals surface area contributed by atoms with Gasteiger partial charge in [0.25, 0.3) is 0 Å². The zero-order valence-electron chi connectivity index (χ0n) is 12.5. The molecule has 2 rings (SSSR count). The summed E-state index contributed by atoms with van der Waals surface area (Å²) in [5.41, 5.74) is 0.928. The van der Waals surface area contributed by atoms with Crippen molar-refractivity contribution in [1.82, 2.24) is 10.2 Å². The highest BCUT2D eigenvalue weighted by molar-refractivity contribution is 5.48. The summed E-state index contributed by atoms with van der Waals surface area (Å²) in [6.07, 6.45) is 3.45. The Kier molecular flexibility index (Phi) is 5.95. The van der Waals surface area contributed by atoms with E-state index in [9.17, 15) is 10.1 Å². The molecule has 6 heteroatoms. The molecular formula is C15H23N3O3. The van der Waals surface area contributed by atoms with Gasteiger partial charge in [-0.25, -0.2) is 0 Å². The molecule has 0 aromatic heterocycles. The van der Waals surface area contributed by atoms with E-state index >= 15 is 0 Å². The van der Waals surface area contributed by atoms with E-state index < -0.39 is 0 Å². The molecule has 0 radical (unpaired) electrons. The largest absolute Gasteiger partial charge is 0.487 e. The van der Waals surface area contributed by atoms with Gasteiger partial charge in [-0.15, -0.1) is 0 Å². The van der Waals surface area contributed by atoms with Crippen LogP contribution in [0.25, 0.3) is 0 Å². The number of nitro groups is 1. The highest BCUT2D eigenvalue weighted by atomic mass is 16.6. The van der Waals surface area contributed by atoms with Gasteiger partial charge in [0, 0.05) is 19.2 Å². The van der Waals surface area contributed by atoms with E-state index in [1.165, 1.54) is 25.9 Å². The number of nitrogens with zero attached hydrogens (tertiary/aromatic N) is 2. The second-order valence-corrected chi connectivity index (χ2v) is 5.34. The predicted molar refractivity (Wildman–Crippen MR) is 81.6 cm³/mol. The molecular weight excluding hydrogens is 270 g/mol. The maximum absolute atomic E-state index is 11.1. The van der Waals surface area contributed by atoms with Crippen LogP contribution in [0.4, 0.5) is 5.69 Å². The van der Waals surface area contributed by atoms with Gasteiger partial charge in [0.05, 0.1) is 11.5 Å². The minimum absolute atomic E-state index is 0.0453. The topological polar surface area (TPSA) is 67.6 Å². The Hall–Kier alpha value is -1.66. The Balaban J connectivity index is 1.87. The summed E-state index contributed by atoms with van der Waals surface area (Å²) in [6, 6.07) is 5.13. The zero-order valence-corrected chi connectivity index (χ0v) is 12.5. The van der Waals surface area contributed by atoms with Gasteiger partial charge < -0.3 is 15.0 Å². The quantitative estimate of drug-likeness (QED) is 0.452. The van der Waals surface area contributed by atoms with Crippen LogP contribution in [0.15, 0.2) is 18.2 Å². The molecule has 0 bridgehead atoms. The first-order valence-electron chi connectivity index (χ1n) is 7.48. The molecule has 1 aliphatic heterocycles. The van der Waals surface area contributed by atoms with Crippen molar-refractivity contribution >= 4 is 5.69 Å². The summed E-state index contributed by atoms with van der Waals surface area (Å²) >= 11 is 0. The van der Waals surface area contributed by atoms with Gasteiger partial charge in [0.2, 0.25) is 0 Å². The van der Waals surface area contributed by atoms with Crippen LogP contribution in [-0.2, 0) is 6.54 Å². The monoisotopic (exact) mass is 293 g/mol. The average Bonchev–Trinajstić information content (AvgIpc) is 2.98. The van der Waals surface area contributed by atoms with Crippen LogP contribution in [0.2, 0.25) is 0 Å². The molecule has 0 amide bonds. The molecule has 116 valence electrons. The minimum atomic E-state index is -0.380. The van der Waals surface area contributed by atoms with Gasteiger partial charge in [-0.3, -0.25) is 10.1 Å². The van der Waals surface area contributed by atoms with E-state index in [1.807, 2.05) is 13.1 Å². The molecule has 1 aromatic carbocycles. The van der Waals surface area contributed by atoms with Crippen molar-refractivity contribution in [1.29, 1.82) is 0 Å². The van der Waals surface area contributed by atoms with Gasteiger partial charge >= 0.3 is 5.69 Å². The van der Waals surface area contributed by atoms with Crippen molar-refractivity contribution in [2.75, 3.05) is 33.3 Å². The lowest BCUT2D eigenvalue weighted by molar-refractivity contribution is -0.385. The van der Waals surface area contributed by atoms with Crippen molar-refractivity contribution in [2.45, 2.75) is 25.8 Å². The molecule has 1 aliphatic rings. The molecule has 0 unspecified atom stereocenters. The van der Waals surface area contributed by atoms with E-state index in [0.29, 0.717) is 18.9 Å². The summed E-state index contributed by atoms with van der Waals surface area (Å²) in [4.78, 5) is 13.1. The van der Waals surface area contributed by atoms with Crippen LogP contribution >= 0.6 is 0 Å². The van der Waals surface area contributed by atoms with E-state index in [0.717, 1.165) is 18.5 Å². The minimum Gasteiger partial charge on any atom is -0.487 e. The number of nitro benzene ring substituents is 1. The highest BCUT2D eigenvalue weighted by Gasteiger charge is 2.16. The highest BCUT2D eigenvalue weighted by Crippen LogP contribution is 2.28. The SMILES string of the molecule is CNCc1ccc(OCCCN2CCCC2)c([N+](=O)[O-])c1. The fourth-order valence-corrected chi connectivity index (χ4v) is 2.62. The van der Waals surface area contributed by atoms with Crippen molar-refractivity contribution in [3.8, 4) is 5.75 Å². The third-order valence-corrected chi connectivity index (χ3v) is 3.68. The second kappa shape index (κ2) is 7.95. The van der Waals surface area contributed by atoms with E-state index in [1.54, 1.807) is 12.1 Å². The van der Waals surface area contributed by atoms with Crippen LogP contribution in [0.5, 0.6) is 5.75 Å². The van der Waals surface area contributed by atoms with E-state index in [2.05, 4.69) is 10.2 Å². The molecule has 1 N–H and O–H groups in total. The standard InChI is InChI=1S/C15H23N3O3/c1-16-12-13-5-6-15(14(11-13)18(19)20)21-10-4-9-17-7-2-3-8-17/h5-6,11,16H,2-4,7-10,12H2,1H3. The molecule has 21 heavy (non-hydrogen) atoms. The van der Waals surface area contributed by atoms with Gasteiger partial charge in [-0.05, 0) is 51.0 Å². The summed E-state index contributed by atoms with van der Waals surface area (Å²) in [5, 5.41) is 14.1. The maximum atomic E-state index is 11.1. The van der Waals surface area contributed by atoms with Crippen molar-refractivity contribution < 1.29 is 9.66 Å². The van der Waals surface area contributed by atoms with Crippen LogP contribution in [0.3, 0.4) is 0 Å². The molecule has 1 saturated heterocycles. The molecule has 1 heterocycles. The van der Waals surface area contributed by atoms with Crippen molar-refractivity contribution in [3.05, 3.63) is 33.9 Å². The second-order valence-electron chi connectivity index (χ2n) is 5.34. The first-order chi connectivity index (χ1) is 10.2. The first-order valence-corrected chi connectivity index (χ1v) is 7.48. The van der Waals surface area contributed by atoms with Gasteiger partial charge in [-0.1, -0.05) is 6.07 Å². The normalized spacial score (nSPS) is 15.3. The van der Waals surface area contributed by atoms with Gasteiger partial charge in [0.1, 0.15) is 0 Å². The van der Waals surface area contributed by atoms with Gasteiger partial charge in [0.15, 0.2) is 5.75 Å². The van der Waals surface area contributed by atoms with Crippen LogP contribution in [-0.4, -0.2) is 43.1 Å². The molecule has 0 saturated carbocycles. The Morgan fingerprint density at radius 3 is 2.81 bits per heavy atom. The number of ether oxygens (including phenoxy) is 1. The fraction of sp³-hybridized carbons (Fsp3) is 0.600. The number of nitrogens with one attached hydrogen (secondary N) is 1. The molecule has 0 spiro atoms. The number of hydrogen-bond donors (Lipinski definition) is 1. The summed E-state index contributed by atoms with van der Waals surface area (Å²) in [6.45, 7) is 4.46. The molecule has 0 aliphatic carbocycles. The average molecular weight is 293 g/mol. The van der Waals surface area contributed by atoms with Crippen LogP contribution < -0.4 is 10.1 Å². The van der Waals surface area contributed by atoms with Crippen LogP contribution in [0, 0.1) is 10.1 Å². The van der Waals surface area contributed by atoms with Gasteiger partial charge in [-0.2, -0.15) is 0 Å². The van der Waals surface area contributed by atoms with Crippen molar-refractivity contribution in [3.63, 3.8) is 0 Å². The van der Waals surface area contributed by atoms with E-state index in [-0.39, 0.29) is 10.6 Å². The molecule has 1 aromatic rings. The van der Waals surface area contributed by atoms with E-state index in [4.69, 9.17) is 4.74 Å². The third kappa shape index (κ3) is 4.68. The Morgan fingerprint density at radius 1 is 1.38 bits per heavy atom. The fourth-order valence-electron chi connectivity index (χ4n) is 2.62. The summed E-state index contributed by atoms with van der Waals surface area (Å²) in [5.74, 6) is 0.362. The van der Waals surface area contributed by atoms with Crippen LogP contribution in [0.1, 0.15) is 24.8 Å². The lowest BCUT2D eigenvalue weighted by Gasteiger charge is -2.14. The number of likely N-dealkylation sites (tertiary alicyclic amines) is 1. The molecule has 1 fully saturated rings. The molecule has 0 atom stereocenters. The third-order valence-electron chi connectivity index (χ3n) is 3.68. The molecule has 6 nitrogen and oxygen atoms in total. The Bertz CT molecular complexity index is 473. The summed E-state index contributed by atoms with van der Waals surface area (Å²) in [7, 11) is 1.81. The van der Waals surface area contributed by atoms with Crippen molar-refractivity contribution in [2.24, 2.45) is 0 Å². The predicted octanol–water partition coefficient (Wildman–Crippen LogP) is 2.18. The summed E-state index contributed by atoms with van der Waals surface area (Å²) < 4.78 is 5.60. The smallest absolute Gasteiger partial charge is 0.311 e. The first kappa shape index (κ1) is 15.7. The lowest BCUT2D eigenvalue weighted by Crippen LogP contribution is -2.22.